The smallest absolute Gasteiger partial charge is 0.406 e. The number of nitrogens with one attached hydrogen (secondary N) is 1. The maximum Gasteiger partial charge on any atom is 0.573 e. The highest BCUT2D eigenvalue weighted by atomic mass is 19.4. The fraction of sp³-hybridized carbons (Fsp3) is 0.600. The summed E-state index contributed by atoms with van der Waals surface area (Å²) in [6.45, 7) is 6.73. The Balaban J connectivity index is 2.77. The van der Waals surface area contributed by atoms with E-state index in [9.17, 15) is 13.2 Å². The first-order valence-electron chi connectivity index (χ1n) is 6.81. The molecule has 0 aromatic heterocycles. The molecule has 0 aliphatic heterocycles. The van der Waals surface area contributed by atoms with Crippen molar-refractivity contribution in [2.24, 2.45) is 0 Å². The van der Waals surface area contributed by atoms with E-state index in [1.165, 1.54) is 12.1 Å². The fourth-order valence-corrected chi connectivity index (χ4v) is 2.02. The van der Waals surface area contributed by atoms with Crippen LogP contribution >= 0.6 is 0 Å². The van der Waals surface area contributed by atoms with E-state index in [0.29, 0.717) is 6.42 Å². The highest BCUT2D eigenvalue weighted by molar-refractivity contribution is 5.28. The van der Waals surface area contributed by atoms with E-state index in [0.717, 1.165) is 12.1 Å². The normalized spacial score (nSPS) is 14.0. The van der Waals surface area contributed by atoms with Gasteiger partial charge in [-0.2, -0.15) is 0 Å². The second-order valence-corrected chi connectivity index (χ2v) is 5.31. The molecular formula is C15H22F3NO2. The Kier molecular flexibility index (Phi) is 6.04. The summed E-state index contributed by atoms with van der Waals surface area (Å²) in [5, 5.41) is 3.34. The minimum atomic E-state index is -4.66. The minimum absolute atomic E-state index is 0.0573. The van der Waals surface area contributed by atoms with Crippen LogP contribution in [-0.2, 0) is 11.2 Å². The topological polar surface area (TPSA) is 30.5 Å². The number of alkyl halides is 3. The van der Waals surface area contributed by atoms with Gasteiger partial charge in [0.2, 0.25) is 0 Å². The van der Waals surface area contributed by atoms with E-state index in [1.54, 1.807) is 19.2 Å². The molecule has 21 heavy (non-hydrogen) atoms. The van der Waals surface area contributed by atoms with Crippen molar-refractivity contribution in [1.29, 1.82) is 0 Å². The van der Waals surface area contributed by atoms with Crippen molar-refractivity contribution < 1.29 is 22.6 Å². The molecule has 0 saturated carbocycles. The highest BCUT2D eigenvalue weighted by Crippen LogP contribution is 2.24. The minimum Gasteiger partial charge on any atom is -0.406 e. The second kappa shape index (κ2) is 7.13. The lowest BCUT2D eigenvalue weighted by atomic mass is 9.92. The number of ether oxygens (including phenoxy) is 2. The Morgan fingerprint density at radius 1 is 1.14 bits per heavy atom. The Morgan fingerprint density at radius 3 is 2.14 bits per heavy atom. The summed E-state index contributed by atoms with van der Waals surface area (Å²) in [5.74, 6) is -0.211. The van der Waals surface area contributed by atoms with Gasteiger partial charge < -0.3 is 14.8 Å². The van der Waals surface area contributed by atoms with Crippen LogP contribution in [-0.4, -0.2) is 31.7 Å². The van der Waals surface area contributed by atoms with Crippen LogP contribution in [0.4, 0.5) is 13.2 Å². The summed E-state index contributed by atoms with van der Waals surface area (Å²) in [7, 11) is 1.64. The fourth-order valence-electron chi connectivity index (χ4n) is 2.02. The third-order valence-corrected chi connectivity index (χ3v) is 3.41. The molecule has 1 aromatic carbocycles. The number of rotatable bonds is 7. The molecule has 0 amide bonds. The van der Waals surface area contributed by atoms with Crippen LogP contribution < -0.4 is 10.1 Å². The van der Waals surface area contributed by atoms with Gasteiger partial charge in [0.05, 0.1) is 5.60 Å². The van der Waals surface area contributed by atoms with Gasteiger partial charge in [-0.05, 0) is 44.5 Å². The Morgan fingerprint density at radius 2 is 1.71 bits per heavy atom. The molecule has 1 rings (SSSR count). The van der Waals surface area contributed by atoms with Crippen molar-refractivity contribution in [2.45, 2.75) is 45.2 Å². The molecule has 1 unspecified atom stereocenters. The molecule has 6 heteroatoms. The van der Waals surface area contributed by atoms with Crippen LogP contribution in [0.15, 0.2) is 24.3 Å². The first-order valence-corrected chi connectivity index (χ1v) is 6.81. The quantitative estimate of drug-likeness (QED) is 0.836. The van der Waals surface area contributed by atoms with Crippen molar-refractivity contribution >= 4 is 0 Å². The van der Waals surface area contributed by atoms with Crippen molar-refractivity contribution in [3.05, 3.63) is 29.8 Å². The average molecular weight is 305 g/mol. The third-order valence-electron chi connectivity index (χ3n) is 3.41. The number of halogens is 3. The number of hydrogen-bond donors (Lipinski definition) is 1. The average Bonchev–Trinajstić information content (AvgIpc) is 2.38. The van der Waals surface area contributed by atoms with Crippen LogP contribution in [0.5, 0.6) is 5.75 Å². The number of methoxy groups -OCH3 is 1. The van der Waals surface area contributed by atoms with Crippen LogP contribution in [0.3, 0.4) is 0 Å². The maximum absolute atomic E-state index is 12.1. The summed E-state index contributed by atoms with van der Waals surface area (Å²) in [4.78, 5) is 0. The van der Waals surface area contributed by atoms with Crippen LogP contribution in [0.2, 0.25) is 0 Å². The third kappa shape index (κ3) is 5.93. The van der Waals surface area contributed by atoms with E-state index in [2.05, 4.69) is 10.1 Å². The number of likely N-dealkylation sites (N-methyl/N-ethyl adjacent to an activating group) is 1. The molecule has 0 radical (unpaired) electrons. The van der Waals surface area contributed by atoms with E-state index in [1.807, 2.05) is 20.8 Å². The van der Waals surface area contributed by atoms with Gasteiger partial charge in [0, 0.05) is 13.2 Å². The molecule has 0 heterocycles. The zero-order valence-corrected chi connectivity index (χ0v) is 12.8. The predicted octanol–water partition coefficient (Wildman–Crippen LogP) is 3.53. The molecule has 0 spiro atoms. The van der Waals surface area contributed by atoms with Crippen LogP contribution in [0.25, 0.3) is 0 Å². The SMILES string of the molecule is CCNC(Cc1ccc(OC(F)(F)F)cc1)C(C)(C)OC. The summed E-state index contributed by atoms with van der Waals surface area (Å²) >= 11 is 0. The van der Waals surface area contributed by atoms with Gasteiger partial charge in [0.15, 0.2) is 0 Å². The first-order chi connectivity index (χ1) is 9.68. The maximum atomic E-state index is 12.1. The van der Waals surface area contributed by atoms with Gasteiger partial charge in [-0.1, -0.05) is 19.1 Å². The number of hydrogen-bond acceptors (Lipinski definition) is 3. The Labute approximate surface area is 123 Å². The summed E-state index contributed by atoms with van der Waals surface area (Å²) < 4.78 is 45.7. The van der Waals surface area contributed by atoms with Gasteiger partial charge in [0.1, 0.15) is 5.75 Å². The second-order valence-electron chi connectivity index (χ2n) is 5.31. The molecule has 0 bridgehead atoms. The molecule has 0 aliphatic rings. The Bertz CT molecular complexity index is 430. The van der Waals surface area contributed by atoms with E-state index in [4.69, 9.17) is 4.74 Å². The molecule has 0 saturated heterocycles. The standard InChI is InChI=1S/C15H22F3NO2/c1-5-19-13(14(2,3)20-4)10-11-6-8-12(9-7-11)21-15(16,17)18/h6-9,13,19H,5,10H2,1-4H3. The highest BCUT2D eigenvalue weighted by Gasteiger charge is 2.31. The molecular weight excluding hydrogens is 283 g/mol. The predicted molar refractivity (Wildman–Crippen MR) is 75.4 cm³/mol. The van der Waals surface area contributed by atoms with Crippen molar-refractivity contribution in [3.8, 4) is 5.75 Å². The molecule has 3 nitrogen and oxygen atoms in total. The molecule has 1 atom stereocenters. The van der Waals surface area contributed by atoms with Gasteiger partial charge in [-0.15, -0.1) is 13.2 Å². The van der Waals surface area contributed by atoms with E-state index < -0.39 is 6.36 Å². The van der Waals surface area contributed by atoms with Gasteiger partial charge in [0.25, 0.3) is 0 Å². The number of benzene rings is 1. The lowest BCUT2D eigenvalue weighted by Crippen LogP contribution is -2.49. The first kappa shape index (κ1) is 17.8. The van der Waals surface area contributed by atoms with Crippen molar-refractivity contribution in [3.63, 3.8) is 0 Å². The summed E-state index contributed by atoms with van der Waals surface area (Å²) in [6, 6.07) is 5.98. The van der Waals surface area contributed by atoms with E-state index >= 15 is 0 Å². The van der Waals surface area contributed by atoms with Gasteiger partial charge >= 0.3 is 6.36 Å². The largest absolute Gasteiger partial charge is 0.573 e. The zero-order chi connectivity index (χ0) is 16.1. The van der Waals surface area contributed by atoms with E-state index in [-0.39, 0.29) is 17.4 Å². The molecule has 0 fully saturated rings. The van der Waals surface area contributed by atoms with Gasteiger partial charge in [-0.3, -0.25) is 0 Å². The summed E-state index contributed by atoms with van der Waals surface area (Å²) in [6.07, 6.45) is -4.01. The molecule has 1 aromatic rings. The lowest BCUT2D eigenvalue weighted by Gasteiger charge is -2.34. The van der Waals surface area contributed by atoms with Gasteiger partial charge in [-0.25, -0.2) is 0 Å². The zero-order valence-electron chi connectivity index (χ0n) is 12.8. The molecule has 1 N–H and O–H groups in total. The molecule has 0 aliphatic carbocycles. The molecule has 120 valence electrons. The van der Waals surface area contributed by atoms with Crippen molar-refractivity contribution in [1.82, 2.24) is 5.32 Å². The van der Waals surface area contributed by atoms with Crippen LogP contribution in [0.1, 0.15) is 26.3 Å². The lowest BCUT2D eigenvalue weighted by molar-refractivity contribution is -0.274. The Hall–Kier alpha value is -1.27. The summed E-state index contributed by atoms with van der Waals surface area (Å²) in [5.41, 5.74) is 0.539. The monoisotopic (exact) mass is 305 g/mol. The van der Waals surface area contributed by atoms with Crippen molar-refractivity contribution in [2.75, 3.05) is 13.7 Å². The van der Waals surface area contributed by atoms with Crippen LogP contribution in [0, 0.1) is 0 Å².